The molecule has 0 aromatic rings. The van der Waals surface area contributed by atoms with Crippen molar-refractivity contribution >= 4 is 20.7 Å². The minimum absolute atomic E-state index is 0.442. The highest BCUT2D eigenvalue weighted by Crippen LogP contribution is 2.21. The molecule has 0 bridgehead atoms. The fourth-order valence-corrected chi connectivity index (χ4v) is 3.14. The molecule has 0 spiro atoms. The third-order valence-corrected chi connectivity index (χ3v) is 4.59. The second kappa shape index (κ2) is 3.25. The van der Waals surface area contributed by atoms with Crippen LogP contribution in [0.5, 0.6) is 0 Å². The van der Waals surface area contributed by atoms with Crippen molar-refractivity contribution in [3.63, 3.8) is 0 Å². The van der Waals surface area contributed by atoms with Gasteiger partial charge >= 0.3 is 0 Å². The van der Waals surface area contributed by atoms with Gasteiger partial charge in [0.15, 0.2) is 0 Å². The normalized spacial score (nSPS) is 27.8. The molecule has 2 heteroatoms. The minimum Gasteiger partial charge on any atom is -0.0694 e. The first-order valence-electron chi connectivity index (χ1n) is 2.54. The van der Waals surface area contributed by atoms with Crippen molar-refractivity contribution in [1.82, 2.24) is 0 Å². The second-order valence-corrected chi connectivity index (χ2v) is 5.46. The van der Waals surface area contributed by atoms with Crippen LogP contribution in [0.15, 0.2) is 24.1 Å². The second-order valence-electron chi connectivity index (χ2n) is 1.47. The molecular formula is C6H9S2+. The van der Waals surface area contributed by atoms with Crippen LogP contribution in [0.4, 0.5) is 0 Å². The van der Waals surface area contributed by atoms with Gasteiger partial charge in [-0.1, -0.05) is 12.7 Å². The van der Waals surface area contributed by atoms with Crippen LogP contribution >= 0.6 is 10.8 Å². The van der Waals surface area contributed by atoms with Gasteiger partial charge in [0.1, 0.15) is 22.0 Å². The first kappa shape index (κ1) is 6.30. The fourth-order valence-electron chi connectivity index (χ4n) is 0.522. The van der Waals surface area contributed by atoms with E-state index in [9.17, 15) is 0 Å². The Hall–Kier alpha value is 0.180. The lowest BCUT2D eigenvalue weighted by Crippen LogP contribution is -1.99. The predicted molar refractivity (Wildman–Crippen MR) is 44.0 cm³/mol. The topological polar surface area (TPSA) is 0 Å². The van der Waals surface area contributed by atoms with Gasteiger partial charge < -0.3 is 0 Å². The third kappa shape index (κ3) is 1.60. The first-order chi connectivity index (χ1) is 3.93. The van der Waals surface area contributed by atoms with E-state index in [1.54, 1.807) is 0 Å². The number of rotatable bonds is 1. The van der Waals surface area contributed by atoms with E-state index >= 15 is 0 Å². The predicted octanol–water partition coefficient (Wildman–Crippen LogP) is 1.97. The summed E-state index contributed by atoms with van der Waals surface area (Å²) in [6, 6.07) is 0. The molecule has 1 aliphatic heterocycles. The van der Waals surface area contributed by atoms with Gasteiger partial charge in [0.05, 0.1) is 15.7 Å². The van der Waals surface area contributed by atoms with E-state index in [2.05, 4.69) is 18.7 Å². The lowest BCUT2D eigenvalue weighted by molar-refractivity contribution is 1.66. The Morgan fingerprint density at radius 3 is 2.88 bits per heavy atom. The number of hydrogen-bond donors (Lipinski definition) is 0. The maximum atomic E-state index is 3.74. The molecule has 0 aromatic heterocycles. The van der Waals surface area contributed by atoms with Gasteiger partial charge in [-0.05, 0) is 6.08 Å². The molecule has 0 saturated carbocycles. The minimum atomic E-state index is 0.442. The van der Waals surface area contributed by atoms with Crippen molar-refractivity contribution in [2.75, 3.05) is 11.5 Å². The van der Waals surface area contributed by atoms with Crippen molar-refractivity contribution in [2.45, 2.75) is 0 Å². The molecule has 0 amide bonds. The molecule has 0 aromatic carbocycles. The third-order valence-electron chi connectivity index (χ3n) is 0.929. The van der Waals surface area contributed by atoms with Crippen LogP contribution in [0.2, 0.25) is 0 Å². The van der Waals surface area contributed by atoms with Crippen molar-refractivity contribution < 1.29 is 0 Å². The molecule has 0 fully saturated rings. The molecule has 0 aliphatic carbocycles. The van der Waals surface area contributed by atoms with E-state index in [1.807, 2.05) is 16.2 Å². The SMILES string of the molecule is C=C[S+]1CC=CCS1. The highest BCUT2D eigenvalue weighted by molar-refractivity contribution is 8.75. The van der Waals surface area contributed by atoms with E-state index in [1.165, 1.54) is 11.5 Å². The van der Waals surface area contributed by atoms with Gasteiger partial charge in [-0.25, -0.2) is 0 Å². The monoisotopic (exact) mass is 145 g/mol. The summed E-state index contributed by atoms with van der Waals surface area (Å²) in [6.45, 7) is 3.74. The van der Waals surface area contributed by atoms with E-state index in [0.29, 0.717) is 9.93 Å². The lowest BCUT2D eigenvalue weighted by atomic mass is 10.6. The largest absolute Gasteiger partial charge is 0.143 e. The first-order valence-corrected chi connectivity index (χ1v) is 5.50. The van der Waals surface area contributed by atoms with Gasteiger partial charge in [0, 0.05) is 0 Å². The maximum Gasteiger partial charge on any atom is 0.143 e. The molecule has 0 N–H and O–H groups in total. The van der Waals surface area contributed by atoms with Crippen LogP contribution < -0.4 is 0 Å². The summed E-state index contributed by atoms with van der Waals surface area (Å²) in [5.41, 5.74) is 0. The summed E-state index contributed by atoms with van der Waals surface area (Å²) in [5, 5.41) is 2.05. The van der Waals surface area contributed by atoms with Gasteiger partial charge in [0.25, 0.3) is 0 Å². The molecule has 0 saturated heterocycles. The lowest BCUT2D eigenvalue weighted by Gasteiger charge is -1.99. The Morgan fingerprint density at radius 1 is 1.62 bits per heavy atom. The van der Waals surface area contributed by atoms with Gasteiger partial charge in [-0.3, -0.25) is 0 Å². The van der Waals surface area contributed by atoms with Crippen molar-refractivity contribution in [3.8, 4) is 0 Å². The molecule has 1 unspecified atom stereocenters. The Morgan fingerprint density at radius 2 is 2.50 bits per heavy atom. The molecule has 1 atom stereocenters. The number of hydrogen-bond acceptors (Lipinski definition) is 1. The molecule has 1 rings (SSSR count). The highest BCUT2D eigenvalue weighted by atomic mass is 33.1. The fraction of sp³-hybridized carbons (Fsp3) is 0.333. The standard InChI is InChI=1S/C6H9S2/c1-2-8-6-4-3-5-7-8/h2-4H,1,5-6H2/q+1. The summed E-state index contributed by atoms with van der Waals surface area (Å²) in [7, 11) is 2.43. The molecule has 0 nitrogen and oxygen atoms in total. The van der Waals surface area contributed by atoms with Crippen LogP contribution in [0.3, 0.4) is 0 Å². The Bertz CT molecular complexity index is 107. The highest BCUT2D eigenvalue weighted by Gasteiger charge is 2.15. The molecule has 44 valence electrons. The zero-order chi connectivity index (χ0) is 5.82. The van der Waals surface area contributed by atoms with Gasteiger partial charge in [0.2, 0.25) is 0 Å². The molecule has 1 aliphatic rings. The summed E-state index contributed by atoms with van der Waals surface area (Å²) in [6.07, 6.45) is 4.46. The Kier molecular flexibility index (Phi) is 2.56. The molecular weight excluding hydrogens is 136 g/mol. The van der Waals surface area contributed by atoms with E-state index in [0.717, 1.165) is 0 Å². The van der Waals surface area contributed by atoms with E-state index in [-0.39, 0.29) is 0 Å². The van der Waals surface area contributed by atoms with E-state index in [4.69, 9.17) is 0 Å². The summed E-state index contributed by atoms with van der Waals surface area (Å²) in [4.78, 5) is 0. The van der Waals surface area contributed by atoms with Crippen LogP contribution in [0, 0.1) is 0 Å². The smallest absolute Gasteiger partial charge is 0.0694 e. The Balaban J connectivity index is 2.37. The zero-order valence-electron chi connectivity index (χ0n) is 4.67. The maximum absolute atomic E-state index is 3.74. The van der Waals surface area contributed by atoms with Crippen LogP contribution in [0.25, 0.3) is 0 Å². The van der Waals surface area contributed by atoms with Crippen LogP contribution in [-0.2, 0) is 9.93 Å². The Labute approximate surface area is 56.8 Å². The van der Waals surface area contributed by atoms with E-state index < -0.39 is 0 Å². The van der Waals surface area contributed by atoms with Crippen molar-refractivity contribution in [2.24, 2.45) is 0 Å². The van der Waals surface area contributed by atoms with Crippen LogP contribution in [0.1, 0.15) is 0 Å². The molecule has 8 heavy (non-hydrogen) atoms. The summed E-state index contributed by atoms with van der Waals surface area (Å²) >= 11 is 0. The average Bonchev–Trinajstić information content (AvgIpc) is 1.90. The quantitative estimate of drug-likeness (QED) is 0.309. The molecule has 1 heterocycles. The average molecular weight is 145 g/mol. The molecule has 0 radical (unpaired) electrons. The van der Waals surface area contributed by atoms with Gasteiger partial charge in [-0.15, -0.1) is 0 Å². The van der Waals surface area contributed by atoms with Crippen molar-refractivity contribution in [3.05, 3.63) is 24.1 Å². The van der Waals surface area contributed by atoms with Crippen molar-refractivity contribution in [1.29, 1.82) is 0 Å². The summed E-state index contributed by atoms with van der Waals surface area (Å²) in [5.74, 6) is 2.38. The van der Waals surface area contributed by atoms with Crippen LogP contribution in [-0.4, -0.2) is 11.5 Å². The summed E-state index contributed by atoms with van der Waals surface area (Å²) < 4.78 is 0. The zero-order valence-corrected chi connectivity index (χ0v) is 6.30. The van der Waals surface area contributed by atoms with Gasteiger partial charge in [-0.2, -0.15) is 0 Å².